The summed E-state index contributed by atoms with van der Waals surface area (Å²) in [7, 11) is 0. The zero-order valence-electron chi connectivity index (χ0n) is 16.2. The molecular formula is C19H18F3N5O3S. The van der Waals surface area contributed by atoms with Gasteiger partial charge < -0.3 is 9.47 Å². The molecule has 2 aromatic heterocycles. The summed E-state index contributed by atoms with van der Waals surface area (Å²) in [6.45, 7) is 3.69. The van der Waals surface area contributed by atoms with E-state index in [4.69, 9.17) is 4.74 Å². The highest BCUT2D eigenvalue weighted by atomic mass is 32.1. The van der Waals surface area contributed by atoms with Crippen LogP contribution in [-0.4, -0.2) is 71.5 Å². The molecule has 0 radical (unpaired) electrons. The lowest BCUT2D eigenvalue weighted by molar-refractivity contribution is -0.274. The molecule has 0 saturated carbocycles. The molecule has 0 aliphatic carbocycles. The van der Waals surface area contributed by atoms with E-state index in [2.05, 4.69) is 24.6 Å². The van der Waals surface area contributed by atoms with Crippen molar-refractivity contribution >= 4 is 32.6 Å². The van der Waals surface area contributed by atoms with E-state index in [-0.39, 0.29) is 17.4 Å². The number of aromatic nitrogens is 3. The summed E-state index contributed by atoms with van der Waals surface area (Å²) >= 11 is 1.11. The van der Waals surface area contributed by atoms with Crippen molar-refractivity contribution < 1.29 is 27.4 Å². The highest BCUT2D eigenvalue weighted by Crippen LogP contribution is 2.33. The summed E-state index contributed by atoms with van der Waals surface area (Å²) in [6, 6.07) is 3.89. The molecular weight excluding hydrogens is 435 g/mol. The Bertz CT molecular complexity index is 1040. The van der Waals surface area contributed by atoms with Gasteiger partial charge in [-0.25, -0.2) is 9.97 Å². The van der Waals surface area contributed by atoms with Gasteiger partial charge in [0.15, 0.2) is 5.13 Å². The van der Waals surface area contributed by atoms with Crippen molar-refractivity contribution in [1.82, 2.24) is 19.9 Å². The van der Waals surface area contributed by atoms with Crippen molar-refractivity contribution in [3.8, 4) is 5.75 Å². The molecule has 31 heavy (non-hydrogen) atoms. The lowest BCUT2D eigenvalue weighted by Crippen LogP contribution is -2.43. The number of carbonyl (C=O) groups excluding carboxylic acids is 1. The van der Waals surface area contributed by atoms with Gasteiger partial charge in [0.2, 0.25) is 0 Å². The second-order valence-corrected chi connectivity index (χ2v) is 7.68. The van der Waals surface area contributed by atoms with Crippen LogP contribution >= 0.6 is 11.3 Å². The van der Waals surface area contributed by atoms with Gasteiger partial charge in [-0.3, -0.25) is 19.6 Å². The normalized spacial score (nSPS) is 15.2. The number of alkyl halides is 3. The van der Waals surface area contributed by atoms with E-state index in [0.29, 0.717) is 41.7 Å². The highest BCUT2D eigenvalue weighted by molar-refractivity contribution is 7.22. The number of benzene rings is 1. The van der Waals surface area contributed by atoms with Gasteiger partial charge >= 0.3 is 6.36 Å². The van der Waals surface area contributed by atoms with Crippen LogP contribution in [0, 0.1) is 0 Å². The summed E-state index contributed by atoms with van der Waals surface area (Å²) in [6.07, 6.45) is -0.527. The number of anilines is 1. The second-order valence-electron chi connectivity index (χ2n) is 6.68. The van der Waals surface area contributed by atoms with E-state index in [1.54, 1.807) is 0 Å². The number of nitrogens with zero attached hydrogens (tertiary/aromatic N) is 5. The molecule has 0 N–H and O–H groups in total. The lowest BCUT2D eigenvalue weighted by atomic mass is 10.3. The number of rotatable bonds is 6. The number of hydrogen-bond donors (Lipinski definition) is 0. The van der Waals surface area contributed by atoms with E-state index < -0.39 is 6.36 Å². The smallest absolute Gasteiger partial charge is 0.406 e. The number of amides is 1. The van der Waals surface area contributed by atoms with E-state index in [1.807, 2.05) is 0 Å². The Hall–Kier alpha value is -2.83. The monoisotopic (exact) mass is 453 g/mol. The van der Waals surface area contributed by atoms with Crippen LogP contribution in [0.25, 0.3) is 10.2 Å². The standard InChI is InChI=1S/C19H18F3N5O3S/c20-19(21,22)30-13-1-2-14-16(11-13)31-18(25-14)27(6-5-26-7-9-29-10-8-26)17(28)15-12-23-3-4-24-15/h1-4,11-12H,5-10H2. The minimum Gasteiger partial charge on any atom is -0.406 e. The molecule has 0 bridgehead atoms. The van der Waals surface area contributed by atoms with Crippen molar-refractivity contribution in [2.24, 2.45) is 0 Å². The number of thiazole rings is 1. The molecule has 1 amide bonds. The van der Waals surface area contributed by atoms with Crippen LogP contribution < -0.4 is 9.64 Å². The minimum atomic E-state index is -4.78. The molecule has 3 aromatic rings. The van der Waals surface area contributed by atoms with Gasteiger partial charge in [0.25, 0.3) is 5.91 Å². The van der Waals surface area contributed by atoms with Crippen molar-refractivity contribution in [3.05, 3.63) is 42.5 Å². The highest BCUT2D eigenvalue weighted by Gasteiger charge is 2.31. The first-order valence-electron chi connectivity index (χ1n) is 9.43. The number of fused-ring (bicyclic) bond motifs is 1. The van der Waals surface area contributed by atoms with E-state index in [0.717, 1.165) is 24.4 Å². The molecule has 12 heteroatoms. The van der Waals surface area contributed by atoms with Crippen molar-refractivity contribution in [3.63, 3.8) is 0 Å². The Kier molecular flexibility index (Phi) is 6.30. The largest absolute Gasteiger partial charge is 0.573 e. The van der Waals surface area contributed by atoms with Crippen molar-refractivity contribution in [2.75, 3.05) is 44.3 Å². The number of carbonyl (C=O) groups is 1. The maximum absolute atomic E-state index is 13.1. The van der Waals surface area contributed by atoms with Gasteiger partial charge in [-0.15, -0.1) is 13.2 Å². The second kappa shape index (κ2) is 9.12. The molecule has 3 heterocycles. The average Bonchev–Trinajstić information content (AvgIpc) is 3.17. The Morgan fingerprint density at radius 1 is 1.26 bits per heavy atom. The van der Waals surface area contributed by atoms with E-state index >= 15 is 0 Å². The molecule has 1 fully saturated rings. The number of morpholine rings is 1. The molecule has 0 atom stereocenters. The third kappa shape index (κ3) is 5.46. The average molecular weight is 453 g/mol. The lowest BCUT2D eigenvalue weighted by Gasteiger charge is -2.29. The molecule has 0 spiro atoms. The first kappa shape index (κ1) is 21.4. The van der Waals surface area contributed by atoms with Gasteiger partial charge in [0.05, 0.1) is 29.6 Å². The predicted octanol–water partition coefficient (Wildman–Crippen LogP) is 2.96. The van der Waals surface area contributed by atoms with Gasteiger partial charge in [-0.1, -0.05) is 11.3 Å². The maximum Gasteiger partial charge on any atom is 0.573 e. The zero-order valence-corrected chi connectivity index (χ0v) is 17.0. The van der Waals surface area contributed by atoms with Crippen LogP contribution in [0.1, 0.15) is 10.5 Å². The van der Waals surface area contributed by atoms with Crippen LogP contribution in [0.2, 0.25) is 0 Å². The maximum atomic E-state index is 13.1. The van der Waals surface area contributed by atoms with Crippen molar-refractivity contribution in [2.45, 2.75) is 6.36 Å². The third-order valence-corrected chi connectivity index (χ3v) is 5.63. The Morgan fingerprint density at radius 2 is 2.06 bits per heavy atom. The Morgan fingerprint density at radius 3 is 2.77 bits per heavy atom. The fourth-order valence-electron chi connectivity index (χ4n) is 3.10. The Labute approximate surface area is 179 Å². The first-order chi connectivity index (χ1) is 14.9. The Balaban J connectivity index is 1.61. The molecule has 164 valence electrons. The zero-order chi connectivity index (χ0) is 21.8. The number of ether oxygens (including phenoxy) is 2. The molecule has 0 unspecified atom stereocenters. The van der Waals surface area contributed by atoms with Gasteiger partial charge in [-0.05, 0) is 12.1 Å². The topological polar surface area (TPSA) is 80.7 Å². The fraction of sp³-hybridized carbons (Fsp3) is 0.368. The van der Waals surface area contributed by atoms with Crippen LogP contribution in [0.15, 0.2) is 36.8 Å². The summed E-state index contributed by atoms with van der Waals surface area (Å²) < 4.78 is 47.4. The summed E-state index contributed by atoms with van der Waals surface area (Å²) in [5.41, 5.74) is 0.627. The van der Waals surface area contributed by atoms with Crippen LogP contribution in [0.4, 0.5) is 18.3 Å². The van der Waals surface area contributed by atoms with Gasteiger partial charge in [0, 0.05) is 44.6 Å². The molecule has 8 nitrogen and oxygen atoms in total. The summed E-state index contributed by atoms with van der Waals surface area (Å²) in [5, 5.41) is 0.364. The minimum absolute atomic E-state index is 0.157. The van der Waals surface area contributed by atoms with Crippen LogP contribution in [0.5, 0.6) is 5.75 Å². The predicted molar refractivity (Wildman–Crippen MR) is 107 cm³/mol. The molecule has 4 rings (SSSR count). The van der Waals surface area contributed by atoms with E-state index in [9.17, 15) is 18.0 Å². The van der Waals surface area contributed by atoms with Crippen LogP contribution in [-0.2, 0) is 4.74 Å². The number of halogens is 3. The molecule has 1 aromatic carbocycles. The first-order valence-corrected chi connectivity index (χ1v) is 10.2. The third-order valence-electron chi connectivity index (χ3n) is 4.58. The van der Waals surface area contributed by atoms with Gasteiger partial charge in [0.1, 0.15) is 11.4 Å². The summed E-state index contributed by atoms with van der Waals surface area (Å²) in [4.78, 5) is 29.2. The van der Waals surface area contributed by atoms with E-state index in [1.165, 1.54) is 41.7 Å². The van der Waals surface area contributed by atoms with Crippen LogP contribution in [0.3, 0.4) is 0 Å². The van der Waals surface area contributed by atoms with Crippen molar-refractivity contribution in [1.29, 1.82) is 0 Å². The molecule has 1 saturated heterocycles. The molecule has 1 aliphatic rings. The fourth-order valence-corrected chi connectivity index (χ4v) is 4.12. The SMILES string of the molecule is O=C(c1cnccn1)N(CCN1CCOCC1)c1nc2ccc(OC(F)(F)F)cc2s1. The quantitative estimate of drug-likeness (QED) is 0.568. The number of hydrogen-bond acceptors (Lipinski definition) is 8. The summed E-state index contributed by atoms with van der Waals surface area (Å²) in [5.74, 6) is -0.720. The van der Waals surface area contributed by atoms with Gasteiger partial charge in [-0.2, -0.15) is 0 Å². The molecule has 1 aliphatic heterocycles.